The van der Waals surface area contributed by atoms with Crippen LogP contribution in [0.1, 0.15) is 5.69 Å². The molecule has 2 heterocycles. The van der Waals surface area contributed by atoms with Gasteiger partial charge in [-0.2, -0.15) is 5.26 Å². The maximum atomic E-state index is 8.57. The third kappa shape index (κ3) is 1.34. The third-order valence-corrected chi connectivity index (χ3v) is 1.90. The van der Waals surface area contributed by atoms with Crippen LogP contribution in [-0.2, 0) is 6.42 Å². The molecule has 0 amide bonds. The van der Waals surface area contributed by atoms with E-state index in [1.807, 2.05) is 12.1 Å². The van der Waals surface area contributed by atoms with Gasteiger partial charge in [0, 0.05) is 24.0 Å². The predicted octanol–water partition coefficient (Wildman–Crippen LogP) is 1.70. The summed E-state index contributed by atoms with van der Waals surface area (Å²) in [5, 5.41) is 10.6. The quantitative estimate of drug-likeness (QED) is 0.652. The first-order valence-corrected chi connectivity index (χ1v) is 3.96. The summed E-state index contributed by atoms with van der Waals surface area (Å²) in [6.07, 6.45) is 5.53. The summed E-state index contributed by atoms with van der Waals surface area (Å²) in [5.41, 5.74) is 0.799. The van der Waals surface area contributed by atoms with E-state index < -0.39 is 0 Å². The number of fused-ring (bicyclic) bond motifs is 1. The molecule has 0 spiro atoms. The van der Waals surface area contributed by atoms with Crippen LogP contribution in [0.5, 0.6) is 0 Å². The van der Waals surface area contributed by atoms with Gasteiger partial charge in [0.1, 0.15) is 0 Å². The zero-order valence-corrected chi connectivity index (χ0v) is 6.94. The van der Waals surface area contributed by atoms with Gasteiger partial charge in [0.15, 0.2) is 0 Å². The lowest BCUT2D eigenvalue weighted by molar-refractivity contribution is 1.14. The zero-order valence-electron chi connectivity index (χ0n) is 6.94. The maximum Gasteiger partial charge on any atom is 0.0781 e. The largest absolute Gasteiger partial charge is 0.264 e. The van der Waals surface area contributed by atoms with E-state index in [1.54, 1.807) is 18.6 Å². The lowest BCUT2D eigenvalue weighted by Crippen LogP contribution is -1.89. The average Bonchev–Trinajstić information content (AvgIpc) is 2.19. The molecule has 62 valence electrons. The predicted molar refractivity (Wildman–Crippen MR) is 48.9 cm³/mol. The molecular formula is C10H7N3. The molecule has 2 rings (SSSR count). The number of hydrogen-bond acceptors (Lipinski definition) is 3. The van der Waals surface area contributed by atoms with Gasteiger partial charge >= 0.3 is 0 Å². The molecular weight excluding hydrogens is 162 g/mol. The molecule has 0 aromatic carbocycles. The smallest absolute Gasteiger partial charge is 0.0781 e. The van der Waals surface area contributed by atoms with E-state index in [9.17, 15) is 0 Å². The standard InChI is InChI=1S/C10H7N3/c11-4-1-10-9-7-12-5-2-8(9)3-6-13-10/h2-3,5-7H,1H2. The number of nitriles is 1. The fourth-order valence-corrected chi connectivity index (χ4v) is 1.28. The van der Waals surface area contributed by atoms with Gasteiger partial charge in [0.2, 0.25) is 0 Å². The fraction of sp³-hybridized carbons (Fsp3) is 0.100. The van der Waals surface area contributed by atoms with Crippen LogP contribution in [0.3, 0.4) is 0 Å². The molecule has 0 atom stereocenters. The van der Waals surface area contributed by atoms with E-state index in [2.05, 4.69) is 16.0 Å². The molecule has 0 aliphatic heterocycles. The Bertz CT molecular complexity index is 466. The molecule has 0 saturated carbocycles. The number of pyridine rings is 2. The van der Waals surface area contributed by atoms with E-state index in [0.29, 0.717) is 6.42 Å². The van der Waals surface area contributed by atoms with Crippen LogP contribution < -0.4 is 0 Å². The Balaban J connectivity index is 2.70. The Morgan fingerprint density at radius 3 is 3.00 bits per heavy atom. The van der Waals surface area contributed by atoms with E-state index in [1.165, 1.54) is 0 Å². The van der Waals surface area contributed by atoms with Gasteiger partial charge in [-0.25, -0.2) is 0 Å². The van der Waals surface area contributed by atoms with Gasteiger partial charge in [-0.15, -0.1) is 0 Å². The normalized spacial score (nSPS) is 9.77. The molecule has 0 saturated heterocycles. The average molecular weight is 169 g/mol. The minimum Gasteiger partial charge on any atom is -0.264 e. The summed E-state index contributed by atoms with van der Waals surface area (Å²) < 4.78 is 0. The van der Waals surface area contributed by atoms with Crippen LogP contribution in [0.25, 0.3) is 10.8 Å². The van der Waals surface area contributed by atoms with Crippen molar-refractivity contribution in [2.45, 2.75) is 6.42 Å². The Labute approximate surface area is 75.7 Å². The van der Waals surface area contributed by atoms with Crippen LogP contribution >= 0.6 is 0 Å². The SMILES string of the molecule is N#CCc1nccc2ccncc12. The second-order valence-electron chi connectivity index (χ2n) is 2.69. The van der Waals surface area contributed by atoms with E-state index >= 15 is 0 Å². The Kier molecular flexibility index (Phi) is 1.89. The second-order valence-corrected chi connectivity index (χ2v) is 2.69. The number of aromatic nitrogens is 2. The van der Waals surface area contributed by atoms with Gasteiger partial charge in [-0.05, 0) is 17.5 Å². The molecule has 13 heavy (non-hydrogen) atoms. The van der Waals surface area contributed by atoms with Crippen LogP contribution in [0, 0.1) is 11.3 Å². The minimum atomic E-state index is 0.336. The van der Waals surface area contributed by atoms with Crippen LogP contribution in [0.15, 0.2) is 30.7 Å². The van der Waals surface area contributed by atoms with Gasteiger partial charge < -0.3 is 0 Å². The molecule has 0 aliphatic carbocycles. The number of hydrogen-bond donors (Lipinski definition) is 0. The third-order valence-electron chi connectivity index (χ3n) is 1.90. The zero-order chi connectivity index (χ0) is 9.10. The lowest BCUT2D eigenvalue weighted by atomic mass is 10.1. The number of nitrogens with zero attached hydrogens (tertiary/aromatic N) is 3. The van der Waals surface area contributed by atoms with Crippen molar-refractivity contribution in [3.05, 3.63) is 36.4 Å². The van der Waals surface area contributed by atoms with Gasteiger partial charge in [0.25, 0.3) is 0 Å². The molecule has 0 N–H and O–H groups in total. The van der Waals surface area contributed by atoms with Crippen LogP contribution in [-0.4, -0.2) is 9.97 Å². The van der Waals surface area contributed by atoms with Crippen LogP contribution in [0.4, 0.5) is 0 Å². The number of rotatable bonds is 1. The Morgan fingerprint density at radius 2 is 2.15 bits per heavy atom. The highest BCUT2D eigenvalue weighted by Gasteiger charge is 2.00. The first kappa shape index (κ1) is 7.69. The topological polar surface area (TPSA) is 49.6 Å². The summed E-state index contributed by atoms with van der Waals surface area (Å²) in [4.78, 5) is 8.14. The first-order valence-electron chi connectivity index (χ1n) is 3.96. The summed E-state index contributed by atoms with van der Waals surface area (Å²) >= 11 is 0. The molecule has 2 aromatic rings. The minimum absolute atomic E-state index is 0.336. The second kappa shape index (κ2) is 3.20. The van der Waals surface area contributed by atoms with Crippen LogP contribution in [0.2, 0.25) is 0 Å². The Morgan fingerprint density at radius 1 is 1.31 bits per heavy atom. The molecule has 0 fully saturated rings. The molecule has 0 radical (unpaired) electrons. The van der Waals surface area contributed by atoms with Crippen molar-refractivity contribution in [1.82, 2.24) is 9.97 Å². The van der Waals surface area contributed by atoms with Crippen molar-refractivity contribution in [1.29, 1.82) is 5.26 Å². The molecule has 0 aliphatic rings. The fourth-order valence-electron chi connectivity index (χ4n) is 1.28. The molecule has 0 bridgehead atoms. The summed E-state index contributed by atoms with van der Waals surface area (Å²) in [6, 6.07) is 5.91. The summed E-state index contributed by atoms with van der Waals surface area (Å²) in [7, 11) is 0. The highest BCUT2D eigenvalue weighted by molar-refractivity contribution is 5.83. The van der Waals surface area contributed by atoms with Gasteiger partial charge in [-0.3, -0.25) is 9.97 Å². The van der Waals surface area contributed by atoms with Crippen molar-refractivity contribution in [2.24, 2.45) is 0 Å². The van der Waals surface area contributed by atoms with Crippen molar-refractivity contribution in [3.63, 3.8) is 0 Å². The van der Waals surface area contributed by atoms with E-state index in [4.69, 9.17) is 5.26 Å². The molecule has 3 heteroatoms. The lowest BCUT2D eigenvalue weighted by Gasteiger charge is -1.99. The van der Waals surface area contributed by atoms with Crippen molar-refractivity contribution >= 4 is 10.8 Å². The van der Waals surface area contributed by atoms with E-state index in [0.717, 1.165) is 16.5 Å². The highest BCUT2D eigenvalue weighted by atomic mass is 14.7. The van der Waals surface area contributed by atoms with Gasteiger partial charge in [-0.1, -0.05) is 0 Å². The maximum absolute atomic E-state index is 8.57. The molecule has 0 unspecified atom stereocenters. The first-order chi connectivity index (χ1) is 6.42. The Hall–Kier alpha value is -1.95. The van der Waals surface area contributed by atoms with Crippen molar-refractivity contribution in [3.8, 4) is 6.07 Å². The highest BCUT2D eigenvalue weighted by Crippen LogP contribution is 2.14. The van der Waals surface area contributed by atoms with Gasteiger partial charge in [0.05, 0.1) is 18.2 Å². The van der Waals surface area contributed by atoms with Crippen molar-refractivity contribution < 1.29 is 0 Å². The van der Waals surface area contributed by atoms with Crippen molar-refractivity contribution in [2.75, 3.05) is 0 Å². The monoisotopic (exact) mass is 169 g/mol. The molecule has 3 nitrogen and oxygen atoms in total. The summed E-state index contributed by atoms with van der Waals surface area (Å²) in [5.74, 6) is 0. The molecule has 2 aromatic heterocycles. The van der Waals surface area contributed by atoms with E-state index in [-0.39, 0.29) is 0 Å². The summed E-state index contributed by atoms with van der Waals surface area (Å²) in [6.45, 7) is 0.